The summed E-state index contributed by atoms with van der Waals surface area (Å²) in [5.41, 5.74) is 0. The fourth-order valence-corrected chi connectivity index (χ4v) is 1.45. The third-order valence-electron chi connectivity index (χ3n) is 2.28. The number of carbonyl (C=O) groups is 2. The van der Waals surface area contributed by atoms with E-state index in [4.69, 9.17) is 14.3 Å². The molecule has 0 bridgehead atoms. The van der Waals surface area contributed by atoms with Gasteiger partial charge in [0.2, 0.25) is 0 Å². The summed E-state index contributed by atoms with van der Waals surface area (Å²) >= 11 is 0. The normalized spacial score (nSPS) is 10.1. The van der Waals surface area contributed by atoms with Crippen molar-refractivity contribution in [2.75, 3.05) is 26.3 Å². The zero-order valence-corrected chi connectivity index (χ0v) is 10.3. The molecule has 1 N–H and O–H groups in total. The summed E-state index contributed by atoms with van der Waals surface area (Å²) in [6, 6.07) is 3.15. The molecule has 1 aromatic rings. The van der Waals surface area contributed by atoms with Crippen LogP contribution >= 0.6 is 0 Å². The smallest absolute Gasteiger partial charge is 0.307 e. The molecule has 18 heavy (non-hydrogen) atoms. The van der Waals surface area contributed by atoms with Crippen molar-refractivity contribution in [2.45, 2.75) is 13.3 Å². The van der Waals surface area contributed by atoms with Crippen LogP contribution in [-0.4, -0.2) is 48.2 Å². The summed E-state index contributed by atoms with van der Waals surface area (Å²) in [5.74, 6) is -0.529. The summed E-state index contributed by atoms with van der Waals surface area (Å²) in [5, 5.41) is 8.91. The fraction of sp³-hybridized carbons (Fsp3) is 0.500. The third-order valence-corrected chi connectivity index (χ3v) is 2.28. The minimum Gasteiger partial charge on any atom is -0.466 e. The minimum absolute atomic E-state index is 0.0975. The third kappa shape index (κ3) is 4.21. The maximum absolute atomic E-state index is 11.9. The number of nitrogens with zero attached hydrogens (tertiary/aromatic N) is 1. The molecule has 1 rings (SSSR count). The first kappa shape index (κ1) is 14.2. The summed E-state index contributed by atoms with van der Waals surface area (Å²) in [6.07, 6.45) is 1.50. The van der Waals surface area contributed by atoms with Crippen LogP contribution in [-0.2, 0) is 9.53 Å². The van der Waals surface area contributed by atoms with Crippen LogP contribution in [0.1, 0.15) is 23.9 Å². The molecule has 0 radical (unpaired) electrons. The van der Waals surface area contributed by atoms with E-state index in [0.29, 0.717) is 6.61 Å². The lowest BCUT2D eigenvalue weighted by Crippen LogP contribution is -2.35. The Balaban J connectivity index is 2.54. The van der Waals surface area contributed by atoms with Gasteiger partial charge < -0.3 is 19.2 Å². The highest BCUT2D eigenvalue weighted by molar-refractivity contribution is 5.91. The molecule has 1 heterocycles. The highest BCUT2D eigenvalue weighted by atomic mass is 16.5. The van der Waals surface area contributed by atoms with E-state index in [1.54, 1.807) is 13.0 Å². The second-order valence-electron chi connectivity index (χ2n) is 3.55. The molecule has 0 saturated carbocycles. The Bertz CT molecular complexity index is 374. The molecule has 0 atom stereocenters. The number of amides is 1. The van der Waals surface area contributed by atoms with Gasteiger partial charge in [0.25, 0.3) is 5.91 Å². The Morgan fingerprint density at radius 1 is 1.44 bits per heavy atom. The van der Waals surface area contributed by atoms with Gasteiger partial charge in [-0.15, -0.1) is 0 Å². The zero-order chi connectivity index (χ0) is 13.4. The molecular weight excluding hydrogens is 238 g/mol. The van der Waals surface area contributed by atoms with E-state index >= 15 is 0 Å². The summed E-state index contributed by atoms with van der Waals surface area (Å²) in [6.45, 7) is 2.20. The Hall–Kier alpha value is -1.82. The number of hydrogen-bond donors (Lipinski definition) is 1. The van der Waals surface area contributed by atoms with Gasteiger partial charge in [-0.25, -0.2) is 0 Å². The Morgan fingerprint density at radius 2 is 2.22 bits per heavy atom. The van der Waals surface area contributed by atoms with Crippen molar-refractivity contribution in [3.8, 4) is 0 Å². The topological polar surface area (TPSA) is 80.0 Å². The van der Waals surface area contributed by atoms with Gasteiger partial charge in [0.1, 0.15) is 0 Å². The molecule has 6 heteroatoms. The van der Waals surface area contributed by atoms with Crippen molar-refractivity contribution in [3.05, 3.63) is 24.2 Å². The van der Waals surface area contributed by atoms with E-state index in [2.05, 4.69) is 0 Å². The molecule has 100 valence electrons. The molecule has 1 amide bonds. The number of ether oxygens (including phenoxy) is 1. The number of esters is 1. The van der Waals surface area contributed by atoms with Gasteiger partial charge in [0.15, 0.2) is 5.76 Å². The van der Waals surface area contributed by atoms with Crippen molar-refractivity contribution >= 4 is 11.9 Å². The molecule has 6 nitrogen and oxygen atoms in total. The first-order valence-corrected chi connectivity index (χ1v) is 5.78. The van der Waals surface area contributed by atoms with E-state index < -0.39 is 0 Å². The summed E-state index contributed by atoms with van der Waals surface area (Å²) < 4.78 is 9.77. The van der Waals surface area contributed by atoms with Crippen molar-refractivity contribution in [3.63, 3.8) is 0 Å². The molecule has 0 aliphatic rings. The number of rotatable bonds is 7. The van der Waals surface area contributed by atoms with Gasteiger partial charge in [-0.2, -0.15) is 0 Å². The monoisotopic (exact) mass is 255 g/mol. The lowest BCUT2D eigenvalue weighted by Gasteiger charge is -2.19. The van der Waals surface area contributed by atoms with Crippen LogP contribution in [0.5, 0.6) is 0 Å². The molecule has 0 aromatic carbocycles. The van der Waals surface area contributed by atoms with E-state index in [1.807, 2.05) is 0 Å². The minimum atomic E-state index is -0.368. The zero-order valence-electron chi connectivity index (χ0n) is 10.3. The molecule has 0 aliphatic carbocycles. The highest BCUT2D eigenvalue weighted by Crippen LogP contribution is 2.06. The van der Waals surface area contributed by atoms with Crippen LogP contribution < -0.4 is 0 Å². The van der Waals surface area contributed by atoms with E-state index in [0.717, 1.165) is 0 Å². The highest BCUT2D eigenvalue weighted by Gasteiger charge is 2.18. The van der Waals surface area contributed by atoms with Gasteiger partial charge in [-0.05, 0) is 19.1 Å². The second-order valence-corrected chi connectivity index (χ2v) is 3.55. The largest absolute Gasteiger partial charge is 0.466 e. The van der Waals surface area contributed by atoms with Gasteiger partial charge in [0.05, 0.1) is 25.9 Å². The molecule has 0 fully saturated rings. The number of hydrogen-bond acceptors (Lipinski definition) is 5. The van der Waals surface area contributed by atoms with Crippen LogP contribution in [0.15, 0.2) is 22.8 Å². The van der Waals surface area contributed by atoms with Gasteiger partial charge in [0, 0.05) is 13.1 Å². The van der Waals surface area contributed by atoms with Crippen molar-refractivity contribution < 1.29 is 23.8 Å². The fourth-order valence-electron chi connectivity index (χ4n) is 1.45. The van der Waals surface area contributed by atoms with Gasteiger partial charge in [-0.1, -0.05) is 0 Å². The predicted octanol–water partition coefficient (Wildman–Crippen LogP) is 0.667. The van der Waals surface area contributed by atoms with Crippen LogP contribution in [0.25, 0.3) is 0 Å². The lowest BCUT2D eigenvalue weighted by molar-refractivity contribution is -0.143. The number of aliphatic hydroxyl groups excluding tert-OH is 1. The van der Waals surface area contributed by atoms with Crippen molar-refractivity contribution in [1.82, 2.24) is 4.90 Å². The van der Waals surface area contributed by atoms with Crippen LogP contribution in [0.3, 0.4) is 0 Å². The molecule has 0 unspecified atom stereocenters. The van der Waals surface area contributed by atoms with E-state index in [-0.39, 0.29) is 43.8 Å². The first-order valence-electron chi connectivity index (χ1n) is 5.78. The van der Waals surface area contributed by atoms with Gasteiger partial charge >= 0.3 is 5.97 Å². The molecule has 0 spiro atoms. The number of carbonyl (C=O) groups excluding carboxylic acids is 2. The maximum Gasteiger partial charge on any atom is 0.307 e. The van der Waals surface area contributed by atoms with Gasteiger partial charge in [-0.3, -0.25) is 9.59 Å². The quantitative estimate of drug-likeness (QED) is 0.724. The number of aliphatic hydroxyl groups is 1. The van der Waals surface area contributed by atoms with Crippen LogP contribution in [0.4, 0.5) is 0 Å². The van der Waals surface area contributed by atoms with Crippen molar-refractivity contribution in [2.24, 2.45) is 0 Å². The molecule has 0 aliphatic heterocycles. The lowest BCUT2D eigenvalue weighted by atomic mass is 10.3. The SMILES string of the molecule is CCOC(=O)CCN(CCO)C(=O)c1ccco1. The van der Waals surface area contributed by atoms with Crippen molar-refractivity contribution in [1.29, 1.82) is 0 Å². The second kappa shape index (κ2) is 7.50. The van der Waals surface area contributed by atoms with E-state index in [1.165, 1.54) is 17.2 Å². The summed E-state index contributed by atoms with van der Waals surface area (Å²) in [7, 11) is 0. The maximum atomic E-state index is 11.9. The Kier molecular flexibility index (Phi) is 5.93. The average molecular weight is 255 g/mol. The predicted molar refractivity (Wildman–Crippen MR) is 62.9 cm³/mol. The summed E-state index contributed by atoms with van der Waals surface area (Å²) in [4.78, 5) is 24.5. The van der Waals surface area contributed by atoms with Crippen LogP contribution in [0, 0.1) is 0 Å². The van der Waals surface area contributed by atoms with E-state index in [9.17, 15) is 9.59 Å². The molecule has 0 saturated heterocycles. The first-order chi connectivity index (χ1) is 8.69. The standard InChI is InChI=1S/C12H17NO5/c1-2-17-11(15)5-6-13(7-8-14)12(16)10-4-3-9-18-10/h3-4,9,14H,2,5-8H2,1H3. The van der Waals surface area contributed by atoms with Crippen LogP contribution in [0.2, 0.25) is 0 Å². The average Bonchev–Trinajstić information content (AvgIpc) is 2.87. The Labute approximate surface area is 105 Å². The molecular formula is C12H17NO5. The Morgan fingerprint density at radius 3 is 2.78 bits per heavy atom. The molecule has 1 aromatic heterocycles. The number of furan rings is 1.